The van der Waals surface area contributed by atoms with E-state index >= 15 is 0 Å². The van der Waals surface area contributed by atoms with Gasteiger partial charge in [-0.2, -0.15) is 13.6 Å². The number of carbonyl (C=O) groups excluding carboxylic acids is 2. The van der Waals surface area contributed by atoms with E-state index in [2.05, 4.69) is 0 Å². The minimum Gasteiger partial charge on any atom is -0.871 e. The van der Waals surface area contributed by atoms with Crippen LogP contribution in [0.3, 0.4) is 0 Å². The second-order valence-electron chi connectivity index (χ2n) is 4.68. The van der Waals surface area contributed by atoms with E-state index in [9.17, 15) is 14.7 Å². The van der Waals surface area contributed by atoms with E-state index in [-0.39, 0.29) is 28.0 Å². The maximum absolute atomic E-state index is 11.6. The number of rotatable bonds is 7. The Morgan fingerprint density at radius 1 is 1.00 bits per heavy atom. The first-order valence-electron chi connectivity index (χ1n) is 7.79. The summed E-state index contributed by atoms with van der Waals surface area (Å²) in [6, 6.07) is 6.47. The standard InChI is InChI=1S/C11H8O3.C6H16O3P.Ag/c1-6(12)9-10(13)7-4-2-3-5-8(7)11(9)14;1-4-7-10(8-5-2)9-6-3;/h2-5,13H,1H3;10H,4-6H2,1-3H3;/q;+1;/p-1. The number of hydrogen-bond acceptors (Lipinski definition) is 6. The van der Waals surface area contributed by atoms with Crippen molar-refractivity contribution in [3.8, 4) is 0 Å². The molecular formula is C17H23AgO6P. The second kappa shape index (κ2) is 12.5. The molecule has 0 aliphatic heterocycles. The molecule has 0 amide bonds. The van der Waals surface area contributed by atoms with Crippen LogP contribution in [0.2, 0.25) is 0 Å². The molecule has 0 unspecified atom stereocenters. The van der Waals surface area contributed by atoms with Crippen molar-refractivity contribution in [2.24, 2.45) is 0 Å². The van der Waals surface area contributed by atoms with Crippen molar-refractivity contribution in [1.82, 2.24) is 0 Å². The summed E-state index contributed by atoms with van der Waals surface area (Å²) >= 11 is 0. The van der Waals surface area contributed by atoms with Crippen LogP contribution in [0.1, 0.15) is 43.6 Å². The molecule has 25 heavy (non-hydrogen) atoms. The molecule has 8 heteroatoms. The molecule has 0 heterocycles. The molecule has 1 radical (unpaired) electrons. The molecule has 0 saturated carbocycles. The molecule has 0 aromatic heterocycles. The number of carbonyl (C=O) groups is 2. The smallest absolute Gasteiger partial charge is 0.397 e. The van der Waals surface area contributed by atoms with Gasteiger partial charge in [0.15, 0.2) is 11.6 Å². The average molecular weight is 462 g/mol. The van der Waals surface area contributed by atoms with E-state index in [0.717, 1.165) is 0 Å². The number of benzene rings is 1. The maximum atomic E-state index is 11.6. The fourth-order valence-electron chi connectivity index (χ4n) is 2.05. The van der Waals surface area contributed by atoms with Gasteiger partial charge in [0.25, 0.3) is 0 Å². The quantitative estimate of drug-likeness (QED) is 0.352. The summed E-state index contributed by atoms with van der Waals surface area (Å²) in [7, 11) is -1.40. The van der Waals surface area contributed by atoms with E-state index in [1.54, 1.807) is 24.3 Å². The summed E-state index contributed by atoms with van der Waals surface area (Å²) in [6.07, 6.45) is 0. The van der Waals surface area contributed by atoms with Crippen molar-refractivity contribution in [3.63, 3.8) is 0 Å². The predicted molar refractivity (Wildman–Crippen MR) is 91.6 cm³/mol. The minimum atomic E-state index is -1.40. The Kier molecular flexibility index (Phi) is 12.1. The molecular weight excluding hydrogens is 439 g/mol. The summed E-state index contributed by atoms with van der Waals surface area (Å²) in [5.74, 6) is -1.35. The van der Waals surface area contributed by atoms with Gasteiger partial charge in [-0.1, -0.05) is 30.0 Å². The molecule has 0 saturated heterocycles. The molecule has 1 aromatic carbocycles. The van der Waals surface area contributed by atoms with E-state index in [1.165, 1.54) is 6.92 Å². The van der Waals surface area contributed by atoms with Gasteiger partial charge < -0.3 is 5.11 Å². The molecule has 1 aromatic rings. The van der Waals surface area contributed by atoms with E-state index in [1.807, 2.05) is 20.8 Å². The van der Waals surface area contributed by atoms with E-state index in [0.29, 0.717) is 30.9 Å². The molecule has 143 valence electrons. The van der Waals surface area contributed by atoms with Crippen molar-refractivity contribution >= 4 is 25.9 Å². The molecule has 0 fully saturated rings. The van der Waals surface area contributed by atoms with Gasteiger partial charge in [0.2, 0.25) is 0 Å². The van der Waals surface area contributed by atoms with E-state index in [4.69, 9.17) is 13.6 Å². The summed E-state index contributed by atoms with van der Waals surface area (Å²) < 4.78 is 15.5. The molecule has 2 rings (SSSR count). The first-order valence-corrected chi connectivity index (χ1v) is 9.01. The summed E-state index contributed by atoms with van der Waals surface area (Å²) in [5, 5.41) is 11.6. The van der Waals surface area contributed by atoms with Gasteiger partial charge in [-0.05, 0) is 33.3 Å². The van der Waals surface area contributed by atoms with Crippen LogP contribution in [0, 0.1) is 0 Å². The van der Waals surface area contributed by atoms with Crippen LogP contribution < -0.4 is 5.11 Å². The number of ketones is 2. The van der Waals surface area contributed by atoms with Crippen LogP contribution >= 0.6 is 8.60 Å². The summed E-state index contributed by atoms with van der Waals surface area (Å²) in [6.45, 7) is 9.02. The van der Waals surface area contributed by atoms with Crippen molar-refractivity contribution in [1.29, 1.82) is 0 Å². The minimum absolute atomic E-state index is 0. The molecule has 0 bridgehead atoms. The summed E-state index contributed by atoms with van der Waals surface area (Å²) in [4.78, 5) is 22.6. The number of fused-ring (bicyclic) bond motifs is 1. The van der Waals surface area contributed by atoms with Gasteiger partial charge >= 0.3 is 8.60 Å². The van der Waals surface area contributed by atoms with Crippen LogP contribution in [0.5, 0.6) is 0 Å². The first kappa shape index (κ1) is 24.2. The zero-order valence-corrected chi connectivity index (χ0v) is 17.2. The molecule has 6 nitrogen and oxygen atoms in total. The zero-order valence-electron chi connectivity index (χ0n) is 14.7. The summed E-state index contributed by atoms with van der Waals surface area (Å²) in [5.41, 5.74) is 0.455. The molecule has 1 aliphatic rings. The Morgan fingerprint density at radius 2 is 1.44 bits per heavy atom. The van der Waals surface area contributed by atoms with Crippen LogP contribution in [-0.4, -0.2) is 31.4 Å². The zero-order chi connectivity index (χ0) is 18.1. The van der Waals surface area contributed by atoms with Crippen molar-refractivity contribution in [2.75, 3.05) is 19.8 Å². The second-order valence-corrected chi connectivity index (χ2v) is 6.05. The average Bonchev–Trinajstić information content (AvgIpc) is 2.81. The van der Waals surface area contributed by atoms with Crippen molar-refractivity contribution in [2.45, 2.75) is 27.7 Å². The number of hydrogen-bond donors (Lipinski definition) is 0. The fraction of sp³-hybridized carbons (Fsp3) is 0.412. The van der Waals surface area contributed by atoms with Crippen LogP contribution in [-0.2, 0) is 40.7 Å². The van der Waals surface area contributed by atoms with Gasteiger partial charge in [-0.3, -0.25) is 9.59 Å². The largest absolute Gasteiger partial charge is 0.871 e. The SMILES string of the molecule is CC(=O)C1=C([O-])c2ccccc2C1=O.CCO[PH+](OCC)OCC.[Ag]. The van der Waals surface area contributed by atoms with Crippen LogP contribution in [0.15, 0.2) is 29.8 Å². The Morgan fingerprint density at radius 3 is 1.80 bits per heavy atom. The normalized spacial score (nSPS) is 12.4. The van der Waals surface area contributed by atoms with Gasteiger partial charge in [0.1, 0.15) is 0 Å². The Bertz CT molecular complexity index is 603. The Hall–Kier alpha value is -0.850. The van der Waals surface area contributed by atoms with Crippen molar-refractivity contribution < 1.29 is 50.6 Å². The van der Waals surface area contributed by atoms with E-state index < -0.39 is 25.9 Å². The first-order chi connectivity index (χ1) is 11.5. The third-order valence-corrected chi connectivity index (χ3v) is 4.58. The predicted octanol–water partition coefficient (Wildman–Crippen LogP) is 2.60. The van der Waals surface area contributed by atoms with Gasteiger partial charge in [-0.15, -0.1) is 0 Å². The fourth-order valence-corrected chi connectivity index (χ4v) is 3.01. The van der Waals surface area contributed by atoms with Crippen LogP contribution in [0.25, 0.3) is 5.76 Å². The number of Topliss-reactive ketones (excluding diaryl/α,β-unsaturated/α-hetero) is 2. The topological polar surface area (TPSA) is 84.9 Å². The van der Waals surface area contributed by atoms with Gasteiger partial charge in [0.05, 0.1) is 25.4 Å². The van der Waals surface area contributed by atoms with Gasteiger partial charge in [0, 0.05) is 27.9 Å². The third kappa shape index (κ3) is 6.76. The number of allylic oxidation sites excluding steroid dienone is 1. The monoisotopic (exact) mass is 461 g/mol. The Balaban J connectivity index is 0.000000471. The molecule has 1 aliphatic carbocycles. The molecule has 0 N–H and O–H groups in total. The maximum Gasteiger partial charge on any atom is 0.397 e. The van der Waals surface area contributed by atoms with Crippen molar-refractivity contribution in [3.05, 3.63) is 41.0 Å². The van der Waals surface area contributed by atoms with Crippen LogP contribution in [0.4, 0.5) is 0 Å². The van der Waals surface area contributed by atoms with Gasteiger partial charge in [-0.25, -0.2) is 0 Å². The molecule has 0 spiro atoms. The third-order valence-electron chi connectivity index (χ3n) is 3.01. The molecule has 0 atom stereocenters. The Labute approximate surface area is 165 Å².